The van der Waals surface area contributed by atoms with Gasteiger partial charge in [0.1, 0.15) is 6.04 Å². The van der Waals surface area contributed by atoms with Gasteiger partial charge in [-0.05, 0) is 19.4 Å². The lowest BCUT2D eigenvalue weighted by molar-refractivity contribution is -0.143. The highest BCUT2D eigenvalue weighted by atomic mass is 16.4. The van der Waals surface area contributed by atoms with Gasteiger partial charge in [0.25, 0.3) is 0 Å². The lowest BCUT2D eigenvalue weighted by Gasteiger charge is -2.26. The summed E-state index contributed by atoms with van der Waals surface area (Å²) in [6.07, 6.45) is -0.00799. The van der Waals surface area contributed by atoms with Gasteiger partial charge in [0.05, 0.1) is 5.41 Å². The first-order valence-corrected chi connectivity index (χ1v) is 6.09. The van der Waals surface area contributed by atoms with Crippen LogP contribution in [0.25, 0.3) is 0 Å². The van der Waals surface area contributed by atoms with E-state index in [4.69, 9.17) is 10.2 Å². The van der Waals surface area contributed by atoms with Crippen LogP contribution >= 0.6 is 0 Å². The number of aliphatic hydroxyl groups is 1. The van der Waals surface area contributed by atoms with Crippen LogP contribution in [0.4, 0.5) is 0 Å². The first-order chi connectivity index (χ1) is 8.89. The lowest BCUT2D eigenvalue weighted by atomic mass is 9.83. The fourth-order valence-corrected chi connectivity index (χ4v) is 1.71. The quantitative estimate of drug-likeness (QED) is 0.713. The summed E-state index contributed by atoms with van der Waals surface area (Å²) >= 11 is 0. The fraction of sp³-hybridized carbons (Fsp3) is 0.429. The number of carboxylic acid groups (broad SMARTS) is 1. The molecule has 3 N–H and O–H groups in total. The van der Waals surface area contributed by atoms with Crippen molar-refractivity contribution in [1.82, 2.24) is 5.32 Å². The summed E-state index contributed by atoms with van der Waals surface area (Å²) in [4.78, 5) is 23.2. The zero-order chi connectivity index (χ0) is 14.5. The van der Waals surface area contributed by atoms with Crippen LogP contribution in [0.2, 0.25) is 0 Å². The molecule has 104 valence electrons. The van der Waals surface area contributed by atoms with Gasteiger partial charge in [-0.2, -0.15) is 0 Å². The number of hydrogen-bond acceptors (Lipinski definition) is 3. The summed E-state index contributed by atoms with van der Waals surface area (Å²) in [7, 11) is 0. The Bertz CT molecular complexity index is 442. The van der Waals surface area contributed by atoms with Gasteiger partial charge in [-0.25, -0.2) is 4.79 Å². The van der Waals surface area contributed by atoms with Gasteiger partial charge in [-0.1, -0.05) is 30.3 Å². The number of carbonyl (C=O) groups excluding carboxylic acids is 1. The lowest BCUT2D eigenvalue weighted by Crippen LogP contribution is -2.48. The fourth-order valence-electron chi connectivity index (χ4n) is 1.71. The predicted molar refractivity (Wildman–Crippen MR) is 70.7 cm³/mol. The van der Waals surface area contributed by atoms with Crippen LogP contribution in [0.15, 0.2) is 30.3 Å². The number of carboxylic acids is 1. The van der Waals surface area contributed by atoms with Crippen molar-refractivity contribution in [2.45, 2.75) is 31.7 Å². The van der Waals surface area contributed by atoms with Gasteiger partial charge >= 0.3 is 5.97 Å². The third kappa shape index (κ3) is 3.79. The summed E-state index contributed by atoms with van der Waals surface area (Å²) in [5, 5.41) is 20.2. The number of nitrogens with one attached hydrogen (secondary N) is 1. The summed E-state index contributed by atoms with van der Waals surface area (Å²) in [6, 6.07) is 8.08. The molecule has 0 aliphatic carbocycles. The first-order valence-electron chi connectivity index (χ1n) is 6.09. The minimum Gasteiger partial charge on any atom is -0.480 e. The van der Waals surface area contributed by atoms with E-state index in [2.05, 4.69) is 5.32 Å². The van der Waals surface area contributed by atoms with E-state index < -0.39 is 17.4 Å². The van der Waals surface area contributed by atoms with Crippen molar-refractivity contribution in [2.24, 2.45) is 0 Å². The molecule has 0 aliphatic heterocycles. The van der Waals surface area contributed by atoms with Crippen molar-refractivity contribution in [2.75, 3.05) is 6.61 Å². The van der Waals surface area contributed by atoms with E-state index in [1.54, 1.807) is 13.8 Å². The van der Waals surface area contributed by atoms with E-state index in [1.165, 1.54) is 0 Å². The largest absolute Gasteiger partial charge is 0.480 e. The summed E-state index contributed by atoms with van der Waals surface area (Å²) in [5.41, 5.74) is -0.0228. The van der Waals surface area contributed by atoms with E-state index in [1.807, 2.05) is 30.3 Å². The zero-order valence-corrected chi connectivity index (χ0v) is 11.1. The molecule has 0 radical (unpaired) electrons. The second-order valence-corrected chi connectivity index (χ2v) is 4.87. The molecular formula is C14H19NO4. The molecule has 19 heavy (non-hydrogen) atoms. The van der Waals surface area contributed by atoms with Crippen LogP contribution in [-0.4, -0.2) is 34.7 Å². The number of carbonyl (C=O) groups is 2. The molecular weight excluding hydrogens is 246 g/mol. The summed E-state index contributed by atoms with van der Waals surface area (Å²) in [6.45, 7) is 3.17. The van der Waals surface area contributed by atoms with Crippen molar-refractivity contribution in [1.29, 1.82) is 0 Å². The third-order valence-corrected chi connectivity index (χ3v) is 3.08. The van der Waals surface area contributed by atoms with Crippen LogP contribution in [0, 0.1) is 0 Å². The van der Waals surface area contributed by atoms with Crippen molar-refractivity contribution in [3.63, 3.8) is 0 Å². The van der Waals surface area contributed by atoms with Gasteiger partial charge in [0.15, 0.2) is 0 Å². The van der Waals surface area contributed by atoms with Gasteiger partial charge in [0, 0.05) is 13.0 Å². The Morgan fingerprint density at radius 3 is 2.32 bits per heavy atom. The monoisotopic (exact) mass is 265 g/mol. The average molecular weight is 265 g/mol. The maximum atomic E-state index is 12.2. The Hall–Kier alpha value is -1.88. The van der Waals surface area contributed by atoms with Crippen LogP contribution < -0.4 is 5.32 Å². The highest BCUT2D eigenvalue weighted by molar-refractivity contribution is 5.90. The maximum absolute atomic E-state index is 12.2. The summed E-state index contributed by atoms with van der Waals surface area (Å²) < 4.78 is 0. The van der Waals surface area contributed by atoms with Crippen molar-refractivity contribution < 1.29 is 19.8 Å². The number of hydrogen-bond donors (Lipinski definition) is 3. The minimum absolute atomic E-state index is 0.00799. The number of rotatable bonds is 6. The second-order valence-electron chi connectivity index (χ2n) is 4.87. The Morgan fingerprint density at radius 1 is 1.26 bits per heavy atom. The smallest absolute Gasteiger partial charge is 0.326 e. The SMILES string of the molecule is CC(C)(C(=O)N[C@H](CCO)C(=O)O)c1ccccc1. The van der Waals surface area contributed by atoms with Crippen LogP contribution in [0.5, 0.6) is 0 Å². The molecule has 0 unspecified atom stereocenters. The predicted octanol–water partition coefficient (Wildman–Crippen LogP) is 0.916. The number of benzene rings is 1. The van der Waals surface area contributed by atoms with Crippen molar-refractivity contribution >= 4 is 11.9 Å². The molecule has 0 aliphatic rings. The highest BCUT2D eigenvalue weighted by Gasteiger charge is 2.32. The third-order valence-electron chi connectivity index (χ3n) is 3.08. The first kappa shape index (κ1) is 15.2. The molecule has 1 aromatic rings. The molecule has 5 heteroatoms. The topological polar surface area (TPSA) is 86.6 Å². The molecule has 0 saturated heterocycles. The van der Waals surface area contributed by atoms with Crippen LogP contribution in [0.1, 0.15) is 25.8 Å². The van der Waals surface area contributed by atoms with E-state index in [0.29, 0.717) is 0 Å². The molecule has 1 aromatic carbocycles. The van der Waals surface area contributed by atoms with E-state index in [9.17, 15) is 9.59 Å². The van der Waals surface area contributed by atoms with Gasteiger partial charge < -0.3 is 15.5 Å². The van der Waals surface area contributed by atoms with Crippen molar-refractivity contribution in [3.05, 3.63) is 35.9 Å². The van der Waals surface area contributed by atoms with E-state index in [-0.39, 0.29) is 18.9 Å². The standard InChI is InChI=1S/C14H19NO4/c1-14(2,10-6-4-3-5-7-10)13(19)15-11(8-9-16)12(17)18/h3-7,11,16H,8-9H2,1-2H3,(H,15,19)(H,17,18)/t11-/m1/s1. The molecule has 0 heterocycles. The number of aliphatic carboxylic acids is 1. The molecule has 0 fully saturated rings. The van der Waals surface area contributed by atoms with Gasteiger partial charge in [-0.15, -0.1) is 0 Å². The van der Waals surface area contributed by atoms with E-state index >= 15 is 0 Å². The molecule has 5 nitrogen and oxygen atoms in total. The molecule has 0 saturated carbocycles. The Balaban J connectivity index is 2.84. The maximum Gasteiger partial charge on any atom is 0.326 e. The normalized spacial score (nSPS) is 12.8. The van der Waals surface area contributed by atoms with Crippen molar-refractivity contribution in [3.8, 4) is 0 Å². The average Bonchev–Trinajstić information content (AvgIpc) is 2.38. The highest BCUT2D eigenvalue weighted by Crippen LogP contribution is 2.23. The zero-order valence-electron chi connectivity index (χ0n) is 11.1. The molecule has 1 amide bonds. The van der Waals surface area contributed by atoms with E-state index in [0.717, 1.165) is 5.56 Å². The second kappa shape index (κ2) is 6.33. The van der Waals surface area contributed by atoms with Gasteiger partial charge in [-0.3, -0.25) is 4.79 Å². The number of amides is 1. The Kier molecular flexibility index (Phi) is 5.06. The molecule has 1 rings (SSSR count). The molecule has 1 atom stereocenters. The Labute approximate surface area is 112 Å². The van der Waals surface area contributed by atoms with Gasteiger partial charge in [0.2, 0.25) is 5.91 Å². The Morgan fingerprint density at radius 2 is 1.84 bits per heavy atom. The molecule has 0 aromatic heterocycles. The molecule has 0 bridgehead atoms. The minimum atomic E-state index is -1.15. The summed E-state index contributed by atoms with van der Waals surface area (Å²) in [5.74, 6) is -1.52. The number of aliphatic hydroxyl groups excluding tert-OH is 1. The molecule has 0 spiro atoms. The van der Waals surface area contributed by atoms with Crippen LogP contribution in [-0.2, 0) is 15.0 Å². The van der Waals surface area contributed by atoms with Crippen LogP contribution in [0.3, 0.4) is 0 Å².